The van der Waals surface area contributed by atoms with Crippen LogP contribution in [-0.2, 0) is 0 Å². The summed E-state index contributed by atoms with van der Waals surface area (Å²) in [6, 6.07) is 17.3. The van der Waals surface area contributed by atoms with Crippen LogP contribution in [0.2, 0.25) is 0 Å². The Morgan fingerprint density at radius 3 is 2.39 bits per heavy atom. The van der Waals surface area contributed by atoms with Gasteiger partial charge in [0, 0.05) is 23.4 Å². The van der Waals surface area contributed by atoms with Crippen LogP contribution >= 0.6 is 0 Å². The zero-order chi connectivity index (χ0) is 21.7. The second-order valence-corrected chi connectivity index (χ2v) is 7.51. The number of hydrogen-bond acceptors (Lipinski definition) is 5. The molecule has 2 N–H and O–H groups in total. The van der Waals surface area contributed by atoms with E-state index in [9.17, 15) is 13.2 Å². The lowest BCUT2D eigenvalue weighted by Crippen LogP contribution is -2.23. The van der Waals surface area contributed by atoms with Crippen LogP contribution < -0.4 is 15.4 Å². The monoisotopic (exact) mass is 428 g/mol. The number of benzene rings is 2. The molecule has 0 atom stereocenters. The second kappa shape index (κ2) is 9.24. The number of rotatable bonds is 6. The first kappa shape index (κ1) is 21.0. The Balaban J connectivity index is 1.66. The number of hydrogen-bond donors (Lipinski definition) is 2. The van der Waals surface area contributed by atoms with E-state index in [1.54, 1.807) is 12.1 Å². The number of aromatic nitrogens is 2. The van der Waals surface area contributed by atoms with Crippen molar-refractivity contribution in [3.63, 3.8) is 0 Å². The summed E-state index contributed by atoms with van der Waals surface area (Å²) in [4.78, 5) is 9.16. The maximum Gasteiger partial charge on any atom is 0.573 e. The standard InChI is InChI=1S/C23H23F3N4O/c24-23(25,26)31-19-13-7-8-16(14-19)20-15-21(27-17-9-3-1-4-10-17)30-22(29-20)28-18-11-5-2-6-12-18/h1,3-4,7-10,13-15,18H,2,5-6,11-12H2,(H2,27,28,29,30). The fourth-order valence-corrected chi connectivity index (χ4v) is 3.68. The molecule has 2 aromatic carbocycles. The van der Waals surface area contributed by atoms with Crippen molar-refractivity contribution in [3.8, 4) is 17.0 Å². The fourth-order valence-electron chi connectivity index (χ4n) is 3.68. The number of ether oxygens (including phenoxy) is 1. The fraction of sp³-hybridized carbons (Fsp3) is 0.304. The Morgan fingerprint density at radius 1 is 0.871 bits per heavy atom. The maximum absolute atomic E-state index is 12.6. The number of para-hydroxylation sites is 1. The summed E-state index contributed by atoms with van der Waals surface area (Å²) in [5, 5.41) is 6.64. The predicted molar refractivity (Wildman–Crippen MR) is 114 cm³/mol. The van der Waals surface area contributed by atoms with E-state index >= 15 is 0 Å². The van der Waals surface area contributed by atoms with Gasteiger partial charge in [-0.05, 0) is 37.1 Å². The first-order valence-electron chi connectivity index (χ1n) is 10.3. The normalized spacial score (nSPS) is 14.8. The van der Waals surface area contributed by atoms with Crippen LogP contribution in [0.25, 0.3) is 11.3 Å². The minimum Gasteiger partial charge on any atom is -0.406 e. The highest BCUT2D eigenvalue weighted by Crippen LogP contribution is 2.30. The highest BCUT2D eigenvalue weighted by molar-refractivity contribution is 5.68. The largest absolute Gasteiger partial charge is 0.573 e. The number of nitrogens with zero attached hydrogens (tertiary/aromatic N) is 2. The van der Waals surface area contributed by atoms with Gasteiger partial charge in [-0.1, -0.05) is 49.6 Å². The van der Waals surface area contributed by atoms with E-state index in [4.69, 9.17) is 0 Å². The van der Waals surface area contributed by atoms with Crippen molar-refractivity contribution in [1.82, 2.24) is 9.97 Å². The minimum absolute atomic E-state index is 0.286. The maximum atomic E-state index is 12.6. The summed E-state index contributed by atoms with van der Waals surface area (Å²) >= 11 is 0. The van der Waals surface area contributed by atoms with E-state index in [2.05, 4.69) is 25.3 Å². The minimum atomic E-state index is -4.75. The summed E-state index contributed by atoms with van der Waals surface area (Å²) < 4.78 is 42.0. The molecule has 5 nitrogen and oxygen atoms in total. The molecule has 1 aliphatic rings. The summed E-state index contributed by atoms with van der Waals surface area (Å²) in [5.74, 6) is 0.713. The predicted octanol–water partition coefficient (Wildman–Crippen LogP) is 6.53. The highest BCUT2D eigenvalue weighted by atomic mass is 19.4. The second-order valence-electron chi connectivity index (χ2n) is 7.51. The van der Waals surface area contributed by atoms with Crippen molar-refractivity contribution in [2.45, 2.75) is 44.5 Å². The zero-order valence-corrected chi connectivity index (χ0v) is 16.8. The van der Waals surface area contributed by atoms with E-state index in [0.717, 1.165) is 31.4 Å². The van der Waals surface area contributed by atoms with Crippen LogP contribution in [-0.4, -0.2) is 22.4 Å². The van der Waals surface area contributed by atoms with E-state index in [1.807, 2.05) is 30.3 Å². The van der Waals surface area contributed by atoms with Gasteiger partial charge in [-0.25, -0.2) is 4.98 Å². The molecule has 0 spiro atoms. The van der Waals surface area contributed by atoms with E-state index in [-0.39, 0.29) is 11.8 Å². The Hall–Kier alpha value is -3.29. The van der Waals surface area contributed by atoms with Crippen molar-refractivity contribution in [2.24, 2.45) is 0 Å². The van der Waals surface area contributed by atoms with Crippen molar-refractivity contribution < 1.29 is 17.9 Å². The van der Waals surface area contributed by atoms with Gasteiger partial charge in [-0.15, -0.1) is 13.2 Å². The molecule has 0 radical (unpaired) electrons. The number of halogens is 3. The summed E-state index contributed by atoms with van der Waals surface area (Å²) in [6.45, 7) is 0. The molecule has 1 saturated carbocycles. The molecule has 0 bridgehead atoms. The topological polar surface area (TPSA) is 59.1 Å². The Labute approximate surface area is 178 Å². The lowest BCUT2D eigenvalue weighted by molar-refractivity contribution is -0.274. The highest BCUT2D eigenvalue weighted by Gasteiger charge is 2.31. The number of alkyl halides is 3. The molecule has 1 aliphatic carbocycles. The Morgan fingerprint density at radius 2 is 1.65 bits per heavy atom. The van der Waals surface area contributed by atoms with Gasteiger partial charge in [0.2, 0.25) is 5.95 Å². The van der Waals surface area contributed by atoms with E-state index < -0.39 is 6.36 Å². The Bertz CT molecular complexity index is 1010. The molecule has 162 valence electrons. The van der Waals surface area contributed by atoms with Gasteiger partial charge in [0.05, 0.1) is 5.69 Å². The average molecular weight is 428 g/mol. The van der Waals surface area contributed by atoms with Crippen LogP contribution in [0.1, 0.15) is 32.1 Å². The third kappa shape index (κ3) is 6.10. The van der Waals surface area contributed by atoms with E-state index in [0.29, 0.717) is 23.0 Å². The molecule has 0 unspecified atom stereocenters. The third-order valence-corrected chi connectivity index (χ3v) is 5.07. The van der Waals surface area contributed by atoms with Crippen LogP contribution in [0.3, 0.4) is 0 Å². The molecule has 1 fully saturated rings. The van der Waals surface area contributed by atoms with Gasteiger partial charge in [-0.3, -0.25) is 0 Å². The zero-order valence-electron chi connectivity index (χ0n) is 16.8. The molecule has 4 rings (SSSR count). The SMILES string of the molecule is FC(F)(F)Oc1cccc(-c2cc(Nc3ccccc3)nc(NC3CCCCC3)n2)c1. The van der Waals surface area contributed by atoms with Crippen LogP contribution in [0.5, 0.6) is 5.75 Å². The summed E-state index contributed by atoms with van der Waals surface area (Å²) in [5.41, 5.74) is 1.86. The molecule has 8 heteroatoms. The van der Waals surface area contributed by atoms with Crippen molar-refractivity contribution in [3.05, 3.63) is 60.7 Å². The third-order valence-electron chi connectivity index (χ3n) is 5.07. The Kier molecular flexibility index (Phi) is 6.25. The van der Waals surface area contributed by atoms with Crippen molar-refractivity contribution in [1.29, 1.82) is 0 Å². The number of anilines is 3. The molecule has 1 aromatic heterocycles. The van der Waals surface area contributed by atoms with Gasteiger partial charge in [0.25, 0.3) is 0 Å². The van der Waals surface area contributed by atoms with E-state index in [1.165, 1.54) is 24.6 Å². The average Bonchev–Trinajstić information content (AvgIpc) is 2.74. The number of nitrogens with one attached hydrogen (secondary N) is 2. The van der Waals surface area contributed by atoms with Gasteiger partial charge in [0.15, 0.2) is 0 Å². The van der Waals surface area contributed by atoms with Crippen LogP contribution in [0.15, 0.2) is 60.7 Å². The molecule has 3 aromatic rings. The van der Waals surface area contributed by atoms with Crippen LogP contribution in [0.4, 0.5) is 30.6 Å². The molecule has 31 heavy (non-hydrogen) atoms. The molecular weight excluding hydrogens is 405 g/mol. The smallest absolute Gasteiger partial charge is 0.406 e. The molecular formula is C23H23F3N4O. The summed E-state index contributed by atoms with van der Waals surface area (Å²) in [6.07, 6.45) is 0.879. The first-order chi connectivity index (χ1) is 14.9. The quantitative estimate of drug-likeness (QED) is 0.467. The van der Waals surface area contributed by atoms with Crippen molar-refractivity contribution in [2.75, 3.05) is 10.6 Å². The molecule has 0 aliphatic heterocycles. The lowest BCUT2D eigenvalue weighted by atomic mass is 9.96. The molecule has 1 heterocycles. The first-order valence-corrected chi connectivity index (χ1v) is 10.3. The lowest BCUT2D eigenvalue weighted by Gasteiger charge is -2.23. The van der Waals surface area contributed by atoms with Gasteiger partial charge in [0.1, 0.15) is 11.6 Å². The van der Waals surface area contributed by atoms with Gasteiger partial charge >= 0.3 is 6.36 Å². The molecule has 0 amide bonds. The molecule has 0 saturated heterocycles. The van der Waals surface area contributed by atoms with Crippen molar-refractivity contribution >= 4 is 17.5 Å². The summed E-state index contributed by atoms with van der Waals surface area (Å²) in [7, 11) is 0. The van der Waals surface area contributed by atoms with Gasteiger partial charge in [-0.2, -0.15) is 4.98 Å². The van der Waals surface area contributed by atoms with Gasteiger partial charge < -0.3 is 15.4 Å². The van der Waals surface area contributed by atoms with Crippen LogP contribution in [0, 0.1) is 0 Å².